The van der Waals surface area contributed by atoms with Gasteiger partial charge in [0.05, 0.1) is 6.61 Å². The third-order valence-electron chi connectivity index (χ3n) is 4.22. The fourth-order valence-electron chi connectivity index (χ4n) is 3.00. The topological polar surface area (TPSA) is 37.4 Å². The molecule has 0 amide bonds. The number of anilines is 1. The number of rotatable bonds is 6. The minimum atomic E-state index is 0.680. The first-order valence-corrected chi connectivity index (χ1v) is 7.93. The highest BCUT2D eigenvalue weighted by molar-refractivity contribution is 5.53. The van der Waals surface area contributed by atoms with Gasteiger partial charge in [-0.05, 0) is 63.7 Å². The van der Waals surface area contributed by atoms with Crippen LogP contribution in [0, 0.1) is 5.92 Å². The van der Waals surface area contributed by atoms with Crippen LogP contribution in [-0.2, 0) is 0 Å². The highest BCUT2D eigenvalue weighted by atomic mass is 16.5. The lowest BCUT2D eigenvalue weighted by molar-refractivity contribution is 0.335. The van der Waals surface area contributed by atoms with E-state index < -0.39 is 0 Å². The van der Waals surface area contributed by atoms with Crippen LogP contribution in [0.4, 0.5) is 5.82 Å². The van der Waals surface area contributed by atoms with Gasteiger partial charge in [-0.15, -0.1) is 0 Å². The van der Waals surface area contributed by atoms with Crippen LogP contribution >= 0.6 is 0 Å². The minimum absolute atomic E-state index is 0.680. The molecule has 2 fully saturated rings. The van der Waals surface area contributed by atoms with E-state index in [1.165, 1.54) is 25.7 Å². The van der Waals surface area contributed by atoms with Crippen molar-refractivity contribution in [3.05, 3.63) is 18.3 Å². The maximum absolute atomic E-state index is 5.77. The lowest BCUT2D eigenvalue weighted by atomic mass is 9.97. The van der Waals surface area contributed by atoms with Crippen molar-refractivity contribution in [2.75, 3.05) is 31.1 Å². The van der Waals surface area contributed by atoms with E-state index in [-0.39, 0.29) is 0 Å². The second-order valence-corrected chi connectivity index (χ2v) is 5.84. The summed E-state index contributed by atoms with van der Waals surface area (Å²) < 4.78 is 5.77. The molecule has 2 heterocycles. The molecule has 2 aliphatic rings. The van der Waals surface area contributed by atoms with Crippen LogP contribution in [-0.4, -0.2) is 37.3 Å². The Labute approximate surface area is 121 Å². The Kier molecular flexibility index (Phi) is 4.41. The molecule has 0 bridgehead atoms. The number of pyridine rings is 1. The van der Waals surface area contributed by atoms with Crippen molar-refractivity contribution >= 4 is 5.82 Å². The van der Waals surface area contributed by atoms with E-state index in [1.807, 2.05) is 25.3 Å². The Hall–Kier alpha value is -1.29. The SMILES string of the molecule is CCOc1cccnc1N(CC1CCNCC1)C1CC1. The van der Waals surface area contributed by atoms with Crippen molar-refractivity contribution in [3.8, 4) is 5.75 Å². The molecule has 1 aliphatic carbocycles. The minimum Gasteiger partial charge on any atom is -0.490 e. The summed E-state index contributed by atoms with van der Waals surface area (Å²) >= 11 is 0. The smallest absolute Gasteiger partial charge is 0.171 e. The monoisotopic (exact) mass is 275 g/mol. The van der Waals surface area contributed by atoms with E-state index >= 15 is 0 Å². The van der Waals surface area contributed by atoms with E-state index in [2.05, 4.69) is 15.2 Å². The van der Waals surface area contributed by atoms with Gasteiger partial charge in [-0.2, -0.15) is 0 Å². The summed E-state index contributed by atoms with van der Waals surface area (Å²) in [7, 11) is 0. The number of nitrogens with zero attached hydrogens (tertiary/aromatic N) is 2. The molecule has 0 atom stereocenters. The summed E-state index contributed by atoms with van der Waals surface area (Å²) in [5.41, 5.74) is 0. The van der Waals surface area contributed by atoms with Crippen LogP contribution in [0.5, 0.6) is 5.75 Å². The van der Waals surface area contributed by atoms with E-state index in [4.69, 9.17) is 4.74 Å². The highest BCUT2D eigenvalue weighted by Gasteiger charge is 2.33. The number of piperidine rings is 1. The standard InChI is InChI=1S/C16H25N3O/c1-2-20-15-4-3-9-18-16(15)19(14-5-6-14)12-13-7-10-17-11-8-13/h3-4,9,13-14,17H,2,5-8,10-12H2,1H3. The third-order valence-corrected chi connectivity index (χ3v) is 4.22. The van der Waals surface area contributed by atoms with Gasteiger partial charge in [0.2, 0.25) is 0 Å². The molecule has 1 saturated carbocycles. The summed E-state index contributed by atoms with van der Waals surface area (Å²) in [6, 6.07) is 4.69. The number of hydrogen-bond donors (Lipinski definition) is 1. The zero-order valence-corrected chi connectivity index (χ0v) is 12.3. The van der Waals surface area contributed by atoms with Gasteiger partial charge in [-0.3, -0.25) is 0 Å². The normalized spacial score (nSPS) is 19.9. The van der Waals surface area contributed by atoms with Crippen molar-refractivity contribution in [2.45, 2.75) is 38.6 Å². The van der Waals surface area contributed by atoms with Crippen LogP contribution in [0.15, 0.2) is 18.3 Å². The van der Waals surface area contributed by atoms with Crippen LogP contribution in [0.3, 0.4) is 0 Å². The molecule has 0 spiro atoms. The molecule has 0 aromatic carbocycles. The lowest BCUT2D eigenvalue weighted by Crippen LogP contribution is -2.37. The van der Waals surface area contributed by atoms with Crippen LogP contribution in [0.1, 0.15) is 32.6 Å². The second kappa shape index (κ2) is 6.44. The second-order valence-electron chi connectivity index (χ2n) is 5.84. The summed E-state index contributed by atoms with van der Waals surface area (Å²) in [5, 5.41) is 3.45. The van der Waals surface area contributed by atoms with E-state index in [1.54, 1.807) is 0 Å². The highest BCUT2D eigenvalue weighted by Crippen LogP contribution is 2.36. The molecule has 4 nitrogen and oxygen atoms in total. The summed E-state index contributed by atoms with van der Waals surface area (Å²) in [6.07, 6.45) is 7.04. The van der Waals surface area contributed by atoms with Crippen LogP contribution in [0.25, 0.3) is 0 Å². The Morgan fingerprint density at radius 3 is 2.80 bits per heavy atom. The number of ether oxygens (including phenoxy) is 1. The predicted octanol–water partition coefficient (Wildman–Crippen LogP) is 2.45. The van der Waals surface area contributed by atoms with E-state index in [0.29, 0.717) is 12.6 Å². The predicted molar refractivity (Wildman–Crippen MR) is 81.4 cm³/mol. The third kappa shape index (κ3) is 3.23. The quantitative estimate of drug-likeness (QED) is 0.865. The molecule has 1 aromatic rings. The maximum Gasteiger partial charge on any atom is 0.171 e. The van der Waals surface area contributed by atoms with Gasteiger partial charge in [-0.1, -0.05) is 0 Å². The molecule has 20 heavy (non-hydrogen) atoms. The zero-order valence-electron chi connectivity index (χ0n) is 12.3. The van der Waals surface area contributed by atoms with E-state index in [9.17, 15) is 0 Å². The average molecular weight is 275 g/mol. The first kappa shape index (κ1) is 13.7. The van der Waals surface area contributed by atoms with Crippen molar-refractivity contribution < 1.29 is 4.74 Å². The molecule has 4 heteroatoms. The van der Waals surface area contributed by atoms with Gasteiger partial charge < -0.3 is 15.0 Å². The molecule has 1 aliphatic heterocycles. The van der Waals surface area contributed by atoms with Gasteiger partial charge in [0.15, 0.2) is 11.6 Å². The molecule has 110 valence electrons. The fourth-order valence-corrected chi connectivity index (χ4v) is 3.00. The molecule has 1 aromatic heterocycles. The number of nitrogens with one attached hydrogen (secondary N) is 1. The summed E-state index contributed by atoms with van der Waals surface area (Å²) in [5.74, 6) is 2.78. The van der Waals surface area contributed by atoms with Gasteiger partial charge in [0.25, 0.3) is 0 Å². The molecular formula is C16H25N3O. The Morgan fingerprint density at radius 2 is 2.10 bits per heavy atom. The first-order valence-electron chi connectivity index (χ1n) is 7.93. The van der Waals surface area contributed by atoms with Gasteiger partial charge >= 0.3 is 0 Å². The van der Waals surface area contributed by atoms with Gasteiger partial charge in [0.1, 0.15) is 0 Å². The van der Waals surface area contributed by atoms with E-state index in [0.717, 1.165) is 37.1 Å². The Bertz CT molecular complexity index is 427. The Morgan fingerprint density at radius 1 is 1.30 bits per heavy atom. The number of aromatic nitrogens is 1. The summed E-state index contributed by atoms with van der Waals surface area (Å²) in [6.45, 7) is 6.17. The molecule has 3 rings (SSSR count). The maximum atomic E-state index is 5.77. The molecule has 0 unspecified atom stereocenters. The van der Waals surface area contributed by atoms with Gasteiger partial charge in [-0.25, -0.2) is 4.98 Å². The van der Waals surface area contributed by atoms with Crippen molar-refractivity contribution in [3.63, 3.8) is 0 Å². The zero-order chi connectivity index (χ0) is 13.8. The molecular weight excluding hydrogens is 250 g/mol. The van der Waals surface area contributed by atoms with Crippen molar-refractivity contribution in [2.24, 2.45) is 5.92 Å². The fraction of sp³-hybridized carbons (Fsp3) is 0.688. The van der Waals surface area contributed by atoms with Crippen LogP contribution < -0.4 is 15.0 Å². The van der Waals surface area contributed by atoms with Gasteiger partial charge in [0, 0.05) is 18.8 Å². The number of hydrogen-bond acceptors (Lipinski definition) is 4. The summed E-state index contributed by atoms with van der Waals surface area (Å²) in [4.78, 5) is 7.11. The van der Waals surface area contributed by atoms with Crippen molar-refractivity contribution in [1.29, 1.82) is 0 Å². The largest absolute Gasteiger partial charge is 0.490 e. The first-order chi connectivity index (χ1) is 9.88. The molecule has 1 saturated heterocycles. The molecule has 0 radical (unpaired) electrons. The average Bonchev–Trinajstić information content (AvgIpc) is 3.32. The molecule has 1 N–H and O–H groups in total. The van der Waals surface area contributed by atoms with Crippen LogP contribution in [0.2, 0.25) is 0 Å². The van der Waals surface area contributed by atoms with Crippen molar-refractivity contribution in [1.82, 2.24) is 10.3 Å². The Balaban J connectivity index is 1.75. The lowest BCUT2D eigenvalue weighted by Gasteiger charge is -2.31.